The van der Waals surface area contributed by atoms with Crippen LogP contribution in [0.1, 0.15) is 247 Å². The van der Waals surface area contributed by atoms with Crippen molar-refractivity contribution < 1.29 is 63.1 Å². The molecule has 46 heteroatoms. The molecule has 38 nitrogen and oxygen atoms in total. The van der Waals surface area contributed by atoms with Gasteiger partial charge in [0, 0.05) is 174 Å². The van der Waals surface area contributed by atoms with E-state index in [0.717, 1.165) is 275 Å². The molecule has 0 bridgehead atoms. The maximum atomic E-state index is 14.0. The number of aliphatic hydroxyl groups excluding tert-OH is 1. The number of piperidine rings is 5. The van der Waals surface area contributed by atoms with Crippen LogP contribution >= 0.6 is 34.8 Å². The van der Waals surface area contributed by atoms with E-state index in [0.29, 0.717) is 84.4 Å². The highest BCUT2D eigenvalue weighted by atomic mass is 35.5. The van der Waals surface area contributed by atoms with Gasteiger partial charge in [-0.05, 0) is 225 Å². The minimum absolute atomic E-state index is 0.00191. The third-order valence-electron chi connectivity index (χ3n) is 30.2. The molecule has 10 fully saturated rings. The fourth-order valence-corrected chi connectivity index (χ4v) is 24.4. The molecule has 6 aromatic heterocycles. The van der Waals surface area contributed by atoms with Gasteiger partial charge in [-0.3, -0.25) is 48.1 Å². The number of fused-ring (bicyclic) bond motifs is 4. The molecule has 13 aliphatic rings. The SMILES string of the molecule is CCc1ccnc(C(=O)N2CCCC[C@H]2c2cc3nc(N4CC[C@H](C)C4)c(C)cn3n2)c1.CS(=O)(=O)Nc1ccc(Cl)cc1C(=O)N1CCCC[C@H]1c1cc2n(n1)C(CN1CCOCC1)C=C(N1CCC1)N2.CS(=O)(=O)Nc1ccc(Cl)cc1C(=O)N1CCCC[C@H]1c1cc2n(n1)C(CO)C=C(N1CCC1)N2.CS(=O)(=O)Nc1ccc(Cl)cc1C(=O)N1CCCC[C@H]1c1cc2n(n1)C(N1CCC[C@@H](C(F)F)C1)C=C(N1CCC1)N2. The average Bonchev–Trinajstić information content (AvgIpc) is 1.60. The van der Waals surface area contributed by atoms with Crippen LogP contribution in [0.15, 0.2) is 139 Å². The highest BCUT2D eigenvalue weighted by Gasteiger charge is 2.43. The number of alkyl halides is 2. The summed E-state index contributed by atoms with van der Waals surface area (Å²) in [6, 6.07) is 24.5. The summed E-state index contributed by atoms with van der Waals surface area (Å²) in [6.07, 6.45) is 27.9. The quantitative estimate of drug-likeness (QED) is 0.0295. The van der Waals surface area contributed by atoms with Crippen molar-refractivity contribution in [3.05, 3.63) is 210 Å². The molecule has 9 aromatic rings. The van der Waals surface area contributed by atoms with Crippen LogP contribution < -0.4 is 35.0 Å². The number of amides is 4. The zero-order valence-corrected chi connectivity index (χ0v) is 89.6. The van der Waals surface area contributed by atoms with Crippen molar-refractivity contribution in [3.63, 3.8) is 0 Å². The lowest BCUT2D eigenvalue weighted by molar-refractivity contribution is 0.00712. The number of rotatable bonds is 24. The van der Waals surface area contributed by atoms with Gasteiger partial charge in [-0.15, -0.1) is 0 Å². The summed E-state index contributed by atoms with van der Waals surface area (Å²) in [5, 5.41) is 41.3. The van der Waals surface area contributed by atoms with Crippen molar-refractivity contribution in [1.82, 2.24) is 93.0 Å². The topological polar surface area (TPSA) is 401 Å². The number of ether oxygens (including phenoxy) is 1. The molecule has 19 heterocycles. The Hall–Kier alpha value is -11.4. The van der Waals surface area contributed by atoms with Crippen LogP contribution in [-0.4, -0.2) is 303 Å². The van der Waals surface area contributed by atoms with Gasteiger partial charge in [0.25, 0.3) is 23.6 Å². The smallest absolute Gasteiger partial charge is 0.273 e. The first-order valence-corrected chi connectivity index (χ1v) is 59.0. The number of hydrogen-bond donors (Lipinski definition) is 7. The number of nitrogens with one attached hydrogen (secondary N) is 6. The highest BCUT2D eigenvalue weighted by molar-refractivity contribution is 7.92. The maximum absolute atomic E-state index is 14.0. The number of nitrogens with zero attached hydrogens (tertiary/aromatic N) is 20. The molecule has 0 aliphatic carbocycles. The zero-order chi connectivity index (χ0) is 104. The molecule has 149 heavy (non-hydrogen) atoms. The summed E-state index contributed by atoms with van der Waals surface area (Å²) in [5.41, 5.74) is 8.04. The first-order valence-electron chi connectivity index (χ1n) is 52.1. The number of anilines is 7. The number of benzene rings is 3. The van der Waals surface area contributed by atoms with Gasteiger partial charge in [-0.25, -0.2) is 57.6 Å². The Kier molecular flexibility index (Phi) is 32.5. The van der Waals surface area contributed by atoms with E-state index in [2.05, 4.69) is 120 Å². The summed E-state index contributed by atoms with van der Waals surface area (Å²) in [7, 11) is -10.8. The second-order valence-electron chi connectivity index (χ2n) is 41.2. The summed E-state index contributed by atoms with van der Waals surface area (Å²) >= 11 is 18.7. The van der Waals surface area contributed by atoms with E-state index in [4.69, 9.17) is 64.9 Å². The van der Waals surface area contributed by atoms with E-state index in [-0.39, 0.29) is 106 Å². The molecule has 0 spiro atoms. The lowest BCUT2D eigenvalue weighted by Crippen LogP contribution is -2.46. The van der Waals surface area contributed by atoms with Crippen molar-refractivity contribution >= 4 is 134 Å². The standard InChI is InChI=1S/C28H36ClF2N7O3S.C27H36ClN7O4S.C25H32N6O.C23H29ClN6O4S/c1-42(40,41)34-21-9-8-19(29)14-20(21)28(39)37-13-3-2-7-23(37)22-15-25-32-24(35-11-5-12-35)16-26(38(25)33-22)36-10-4-6-18(17-36)27(30)31;1-40(37,38)31-22-7-6-19(28)15-21(22)27(36)34-10-3-2-5-24(34)23-17-26-29-25(33-8-4-9-33)16-20(35(26)30-23)18-32-11-13-39-14-12-32;1-4-19-8-10-26-21(13-19)25(32)30-11-6-5-7-22(30)20-14-23-27-24(18(3)16-31(23)28-20)29-12-9-17(2)15-29;1-35(33,34)27-18-7-6-15(24)11-17(18)23(32)29-10-3-2-5-20(29)19-13-22-25-21(28-8-4-9-28)12-16(14-31)30(22)26-19/h8-9,14-16,18,23,26-27,32,34H,2-7,10-13,17H2,1H3;6-7,15-17,20,24,29,31H,2-5,8-14,18H2,1H3;8,10,13-14,16-17,22H,4-7,9,11-12,15H2,1-3H3;6-7,11-13,16,20,25,27,31H,2-5,8-10,14H2,1H3/t18-,23+,26?;20?,24-;17-,22-;16?,20-/m1000/s1. The van der Waals surface area contributed by atoms with Crippen LogP contribution in [0, 0.1) is 18.8 Å². The number of carbonyl (C=O) groups excluding carboxylic acids is 4. The first-order chi connectivity index (χ1) is 71.6. The molecule has 3 unspecified atom stereocenters. The van der Waals surface area contributed by atoms with E-state index < -0.39 is 42.4 Å². The maximum Gasteiger partial charge on any atom is 0.273 e. The predicted molar refractivity (Wildman–Crippen MR) is 570 cm³/mol. The monoisotopic (exact) mass is 2160 g/mol. The second kappa shape index (κ2) is 45.6. The van der Waals surface area contributed by atoms with E-state index in [9.17, 15) is 58.3 Å². The number of morpholine rings is 1. The van der Waals surface area contributed by atoms with Crippen LogP contribution in [0.25, 0.3) is 5.65 Å². The minimum atomic E-state index is -3.63. The molecular formula is C103H133Cl3F2N26O12S3. The molecule has 4 amide bonds. The molecule has 0 radical (unpaired) electrons. The number of aromatic nitrogens is 10. The molecule has 9 atom stereocenters. The largest absolute Gasteiger partial charge is 0.394 e. The molecule has 0 saturated carbocycles. The minimum Gasteiger partial charge on any atom is -0.394 e. The molecule has 22 rings (SSSR count). The van der Waals surface area contributed by atoms with Gasteiger partial charge in [0.1, 0.15) is 52.6 Å². The third kappa shape index (κ3) is 24.5. The average molecular weight is 2170 g/mol. The zero-order valence-electron chi connectivity index (χ0n) is 84.9. The molecule has 3 aromatic carbocycles. The van der Waals surface area contributed by atoms with E-state index in [1.165, 1.54) is 55.3 Å². The predicted octanol–water partition coefficient (Wildman–Crippen LogP) is 14.8. The Morgan fingerprint density at radius 1 is 0.477 bits per heavy atom. The molecule has 10 saturated heterocycles. The normalized spacial score (nSPS) is 23.2. The summed E-state index contributed by atoms with van der Waals surface area (Å²) in [4.78, 5) is 85.3. The summed E-state index contributed by atoms with van der Waals surface area (Å²) in [5.74, 6) is 5.71. The number of halogens is 5. The van der Waals surface area contributed by atoms with Gasteiger partial charge in [-0.2, -0.15) is 20.4 Å². The number of likely N-dealkylation sites (tertiary alicyclic amines) is 8. The Morgan fingerprint density at radius 3 is 1.34 bits per heavy atom. The number of aliphatic hydroxyl groups is 1. The van der Waals surface area contributed by atoms with Crippen LogP contribution in [0.4, 0.5) is 49.1 Å². The van der Waals surface area contributed by atoms with Gasteiger partial charge < -0.3 is 65.0 Å². The van der Waals surface area contributed by atoms with Crippen molar-refractivity contribution in [3.8, 4) is 0 Å². The van der Waals surface area contributed by atoms with Gasteiger partial charge in [-0.1, -0.05) is 48.7 Å². The third-order valence-corrected chi connectivity index (χ3v) is 32.7. The van der Waals surface area contributed by atoms with Crippen molar-refractivity contribution in [2.24, 2.45) is 11.8 Å². The van der Waals surface area contributed by atoms with E-state index in [1.807, 2.05) is 49.3 Å². The van der Waals surface area contributed by atoms with Crippen LogP contribution in [0.2, 0.25) is 15.1 Å². The van der Waals surface area contributed by atoms with Crippen molar-refractivity contribution in [1.29, 1.82) is 0 Å². The van der Waals surface area contributed by atoms with E-state index in [1.54, 1.807) is 32.8 Å². The Labute approximate surface area is 883 Å². The molecule has 800 valence electrons. The Balaban J connectivity index is 0.000000125. The fraction of sp³-hybridized carbons (Fsp3) is 0.534. The van der Waals surface area contributed by atoms with Crippen molar-refractivity contribution in [2.75, 3.05) is 185 Å². The number of hydrogen-bond acceptors (Lipinski definition) is 27. The summed E-state index contributed by atoms with van der Waals surface area (Å²) < 4.78 is 120. The first kappa shape index (κ1) is 106. The molecule has 7 N–H and O–H groups in total. The Bertz CT molecular complexity index is 6910. The lowest BCUT2D eigenvalue weighted by Gasteiger charge is -2.42. The fourth-order valence-electron chi connectivity index (χ4n) is 22.2. The van der Waals surface area contributed by atoms with Crippen LogP contribution in [0.3, 0.4) is 0 Å². The molecule has 13 aliphatic heterocycles. The molecular weight excluding hydrogens is 2030 g/mol. The van der Waals surface area contributed by atoms with Gasteiger partial charge in [0.05, 0.1) is 131 Å². The second-order valence-corrected chi connectivity index (χ2v) is 47.8. The Morgan fingerprint density at radius 2 is 0.913 bits per heavy atom. The lowest BCUT2D eigenvalue weighted by atomic mass is 9.97. The highest BCUT2D eigenvalue weighted by Crippen LogP contribution is 2.45. The van der Waals surface area contributed by atoms with Gasteiger partial charge in [0.15, 0.2) is 5.65 Å². The summed E-state index contributed by atoms with van der Waals surface area (Å²) in [6.45, 7) is 21.8. The number of sulfonamides is 3. The van der Waals surface area contributed by atoms with Gasteiger partial charge >= 0.3 is 0 Å². The van der Waals surface area contributed by atoms with Crippen LogP contribution in [0.5, 0.6) is 0 Å². The number of pyridine rings is 1. The van der Waals surface area contributed by atoms with Gasteiger partial charge in [0.2, 0.25) is 36.5 Å². The number of carbonyl (C=O) groups is 4. The van der Waals surface area contributed by atoms with Crippen molar-refractivity contribution in [2.45, 2.75) is 192 Å². The van der Waals surface area contributed by atoms with E-state index >= 15 is 0 Å². The number of aryl methyl sites for hydroxylation is 2. The van der Waals surface area contributed by atoms with Crippen LogP contribution in [-0.2, 0) is 41.2 Å².